The number of amides is 1. The van der Waals surface area contributed by atoms with Gasteiger partial charge in [-0.05, 0) is 19.8 Å². The Labute approximate surface area is 106 Å². The quantitative estimate of drug-likeness (QED) is 0.583. The number of hydrogen-bond acceptors (Lipinski definition) is 5. The first-order chi connectivity index (χ1) is 8.65. The van der Waals surface area contributed by atoms with E-state index in [4.69, 9.17) is 9.47 Å². The summed E-state index contributed by atoms with van der Waals surface area (Å²) in [6, 6.07) is 0. The molecular formula is C12H19NO5. The van der Waals surface area contributed by atoms with Crippen molar-refractivity contribution in [2.45, 2.75) is 44.5 Å². The van der Waals surface area contributed by atoms with Crippen molar-refractivity contribution in [1.29, 1.82) is 0 Å². The maximum Gasteiger partial charge on any atom is 0.396 e. The molecule has 2 fully saturated rings. The van der Waals surface area contributed by atoms with E-state index in [-0.39, 0.29) is 19.3 Å². The highest BCUT2D eigenvalue weighted by molar-refractivity contribution is 6.32. The van der Waals surface area contributed by atoms with Crippen molar-refractivity contribution in [1.82, 2.24) is 5.32 Å². The molecule has 0 aromatic carbocycles. The van der Waals surface area contributed by atoms with Gasteiger partial charge >= 0.3 is 11.9 Å². The lowest BCUT2D eigenvalue weighted by Crippen LogP contribution is -2.39. The Morgan fingerprint density at radius 3 is 2.78 bits per heavy atom. The van der Waals surface area contributed by atoms with Crippen LogP contribution in [0.1, 0.15) is 32.6 Å². The van der Waals surface area contributed by atoms with Crippen molar-refractivity contribution in [2.24, 2.45) is 0 Å². The Hall–Kier alpha value is -1.14. The normalized spacial score (nSPS) is 25.3. The Balaban J connectivity index is 1.72. The van der Waals surface area contributed by atoms with Crippen LogP contribution in [0, 0.1) is 0 Å². The van der Waals surface area contributed by atoms with Gasteiger partial charge in [0.25, 0.3) is 0 Å². The number of nitrogens with one attached hydrogen (secondary N) is 1. The molecule has 0 aromatic heterocycles. The third-order valence-electron chi connectivity index (χ3n) is 3.23. The van der Waals surface area contributed by atoms with Crippen molar-refractivity contribution >= 4 is 11.9 Å². The van der Waals surface area contributed by atoms with Crippen LogP contribution in [0.4, 0.5) is 0 Å². The molecule has 2 aliphatic rings. The van der Waals surface area contributed by atoms with E-state index < -0.39 is 17.7 Å². The van der Waals surface area contributed by atoms with Crippen LogP contribution in [0.2, 0.25) is 0 Å². The minimum absolute atomic E-state index is 0.179. The van der Waals surface area contributed by atoms with E-state index in [9.17, 15) is 9.59 Å². The van der Waals surface area contributed by atoms with E-state index in [1.807, 2.05) is 0 Å². The molecule has 1 spiro atoms. The van der Waals surface area contributed by atoms with Crippen LogP contribution in [0.25, 0.3) is 0 Å². The minimum Gasteiger partial charge on any atom is -0.459 e. The maximum atomic E-state index is 11.3. The van der Waals surface area contributed by atoms with E-state index in [1.54, 1.807) is 6.92 Å². The topological polar surface area (TPSA) is 73.9 Å². The highest BCUT2D eigenvalue weighted by atomic mass is 16.7. The van der Waals surface area contributed by atoms with Gasteiger partial charge in [-0.2, -0.15) is 0 Å². The predicted molar refractivity (Wildman–Crippen MR) is 61.7 cm³/mol. The number of carbonyl (C=O) groups excluding carboxylic acids is 2. The number of hydrogen-bond donors (Lipinski definition) is 1. The first kappa shape index (κ1) is 13.3. The fourth-order valence-corrected chi connectivity index (χ4v) is 2.37. The van der Waals surface area contributed by atoms with Gasteiger partial charge in [0.2, 0.25) is 0 Å². The van der Waals surface area contributed by atoms with Gasteiger partial charge in [0.05, 0.1) is 13.2 Å². The van der Waals surface area contributed by atoms with E-state index in [2.05, 4.69) is 10.1 Å². The molecule has 18 heavy (non-hydrogen) atoms. The molecule has 1 N–H and O–H groups in total. The van der Waals surface area contributed by atoms with Crippen molar-refractivity contribution in [2.75, 3.05) is 19.8 Å². The molecule has 1 amide bonds. The van der Waals surface area contributed by atoms with Gasteiger partial charge in [0, 0.05) is 19.4 Å². The SMILES string of the molecule is CCOC(=O)C(=O)NC[C@H]1COC2(CCCC2)O1. The van der Waals surface area contributed by atoms with Crippen molar-refractivity contribution in [3.05, 3.63) is 0 Å². The molecule has 6 nitrogen and oxygen atoms in total. The molecule has 1 saturated heterocycles. The second kappa shape index (κ2) is 5.67. The van der Waals surface area contributed by atoms with Crippen LogP contribution < -0.4 is 5.32 Å². The van der Waals surface area contributed by atoms with Crippen LogP contribution >= 0.6 is 0 Å². The van der Waals surface area contributed by atoms with Gasteiger partial charge in [0.1, 0.15) is 6.10 Å². The Bertz CT molecular complexity index is 324. The van der Waals surface area contributed by atoms with Crippen LogP contribution in [0.15, 0.2) is 0 Å². The number of esters is 1. The highest BCUT2D eigenvalue weighted by Gasteiger charge is 2.43. The maximum absolute atomic E-state index is 11.3. The van der Waals surface area contributed by atoms with Crippen molar-refractivity contribution < 1.29 is 23.8 Å². The second-order valence-corrected chi connectivity index (χ2v) is 4.60. The number of ether oxygens (including phenoxy) is 3. The third-order valence-corrected chi connectivity index (χ3v) is 3.23. The Kier molecular flexibility index (Phi) is 4.19. The fraction of sp³-hybridized carbons (Fsp3) is 0.833. The molecule has 1 atom stereocenters. The van der Waals surface area contributed by atoms with Gasteiger partial charge in [-0.15, -0.1) is 0 Å². The Morgan fingerprint density at radius 2 is 2.11 bits per heavy atom. The molecule has 0 radical (unpaired) electrons. The van der Waals surface area contributed by atoms with E-state index in [1.165, 1.54) is 0 Å². The van der Waals surface area contributed by atoms with Crippen LogP contribution in [-0.4, -0.2) is 43.5 Å². The van der Waals surface area contributed by atoms with Gasteiger partial charge in [-0.25, -0.2) is 4.79 Å². The number of carbonyl (C=O) groups is 2. The lowest BCUT2D eigenvalue weighted by molar-refractivity contribution is -0.162. The third kappa shape index (κ3) is 3.00. The highest BCUT2D eigenvalue weighted by Crippen LogP contribution is 2.38. The summed E-state index contributed by atoms with van der Waals surface area (Å²) in [5.74, 6) is -2.01. The summed E-state index contributed by atoms with van der Waals surface area (Å²) in [6.45, 7) is 2.59. The summed E-state index contributed by atoms with van der Waals surface area (Å²) in [7, 11) is 0. The Morgan fingerprint density at radius 1 is 1.39 bits per heavy atom. The zero-order chi connectivity index (χ0) is 13.0. The van der Waals surface area contributed by atoms with Crippen molar-refractivity contribution in [3.63, 3.8) is 0 Å². The average Bonchev–Trinajstić information content (AvgIpc) is 2.98. The molecule has 0 unspecified atom stereocenters. The lowest BCUT2D eigenvalue weighted by Gasteiger charge is -2.21. The zero-order valence-electron chi connectivity index (χ0n) is 10.6. The molecule has 1 heterocycles. The lowest BCUT2D eigenvalue weighted by atomic mass is 10.2. The number of rotatable bonds is 3. The molecule has 0 bridgehead atoms. The van der Waals surface area contributed by atoms with Crippen molar-refractivity contribution in [3.8, 4) is 0 Å². The average molecular weight is 257 g/mol. The van der Waals surface area contributed by atoms with Crippen LogP contribution in [0.3, 0.4) is 0 Å². The first-order valence-electron chi connectivity index (χ1n) is 6.42. The molecule has 6 heteroatoms. The molecule has 0 aromatic rings. The van der Waals surface area contributed by atoms with Gasteiger partial charge in [-0.1, -0.05) is 0 Å². The summed E-state index contributed by atoms with van der Waals surface area (Å²) in [5.41, 5.74) is 0. The standard InChI is InChI=1S/C12H19NO5/c1-2-16-11(15)10(14)13-7-9-8-17-12(18-9)5-3-4-6-12/h9H,2-8H2,1H3,(H,13,14)/t9-/m0/s1. The smallest absolute Gasteiger partial charge is 0.396 e. The molecule has 102 valence electrons. The minimum atomic E-state index is -0.855. The predicted octanol–water partition coefficient (Wildman–Crippen LogP) is 0.351. The van der Waals surface area contributed by atoms with Gasteiger partial charge < -0.3 is 19.5 Å². The summed E-state index contributed by atoms with van der Waals surface area (Å²) >= 11 is 0. The first-order valence-corrected chi connectivity index (χ1v) is 6.42. The molecular weight excluding hydrogens is 238 g/mol. The van der Waals surface area contributed by atoms with Gasteiger partial charge in [0.15, 0.2) is 5.79 Å². The van der Waals surface area contributed by atoms with E-state index >= 15 is 0 Å². The largest absolute Gasteiger partial charge is 0.459 e. The van der Waals surface area contributed by atoms with Crippen LogP contribution in [0.5, 0.6) is 0 Å². The second-order valence-electron chi connectivity index (χ2n) is 4.60. The van der Waals surface area contributed by atoms with E-state index in [0.29, 0.717) is 6.61 Å². The monoisotopic (exact) mass is 257 g/mol. The molecule has 1 aliphatic heterocycles. The zero-order valence-corrected chi connectivity index (χ0v) is 10.6. The van der Waals surface area contributed by atoms with Crippen LogP contribution in [-0.2, 0) is 23.8 Å². The summed E-state index contributed by atoms with van der Waals surface area (Å²) in [5, 5.41) is 2.50. The molecule has 1 saturated carbocycles. The summed E-state index contributed by atoms with van der Waals surface area (Å²) in [4.78, 5) is 22.4. The summed E-state index contributed by atoms with van der Waals surface area (Å²) < 4.78 is 16.1. The molecule has 2 rings (SSSR count). The summed E-state index contributed by atoms with van der Waals surface area (Å²) in [6.07, 6.45) is 3.87. The van der Waals surface area contributed by atoms with E-state index in [0.717, 1.165) is 25.7 Å². The fourth-order valence-electron chi connectivity index (χ4n) is 2.37. The molecule has 1 aliphatic carbocycles. The van der Waals surface area contributed by atoms with Gasteiger partial charge in [-0.3, -0.25) is 4.79 Å².